The molecule has 1 saturated heterocycles. The molecule has 5 nitrogen and oxygen atoms in total. The number of nitrogens with one attached hydrogen (secondary N) is 1. The van der Waals surface area contributed by atoms with Gasteiger partial charge in [-0.1, -0.05) is 48.0 Å². The predicted octanol–water partition coefficient (Wildman–Crippen LogP) is 6.83. The molecule has 1 aliphatic rings. The lowest BCUT2D eigenvalue weighted by molar-refractivity contribution is 0.199. The van der Waals surface area contributed by atoms with Crippen LogP contribution in [0.1, 0.15) is 30.3 Å². The first-order valence-corrected chi connectivity index (χ1v) is 10.8. The molecule has 0 unspecified atom stereocenters. The van der Waals surface area contributed by atoms with Gasteiger partial charge in [0.25, 0.3) is 0 Å². The van der Waals surface area contributed by atoms with Crippen LogP contribution in [0.2, 0.25) is 5.02 Å². The molecule has 1 atom stereocenters. The number of halogens is 1. The molecule has 4 aromatic rings. The summed E-state index contributed by atoms with van der Waals surface area (Å²) in [5.41, 5.74) is 5.70. The molecule has 0 aliphatic carbocycles. The minimum absolute atomic E-state index is 0.173. The molecule has 0 spiro atoms. The topological polar surface area (TPSA) is 58.4 Å². The molecule has 156 valence electrons. The van der Waals surface area contributed by atoms with E-state index in [-0.39, 0.29) is 12.1 Å². The maximum absolute atomic E-state index is 12.9. The van der Waals surface area contributed by atoms with Crippen molar-refractivity contribution in [2.75, 3.05) is 11.9 Å². The molecule has 1 fully saturated rings. The Kier molecular flexibility index (Phi) is 5.12. The first-order valence-electron chi connectivity index (χ1n) is 10.4. The van der Waals surface area contributed by atoms with Crippen LogP contribution in [-0.2, 0) is 0 Å². The molecule has 2 amide bonds. The van der Waals surface area contributed by atoms with Crippen LogP contribution < -0.4 is 5.32 Å². The van der Waals surface area contributed by atoms with Crippen molar-refractivity contribution < 1.29 is 9.21 Å². The number of likely N-dealkylation sites (tertiary alicyclic amines) is 1. The molecule has 1 N–H and O–H groups in total. The van der Waals surface area contributed by atoms with Gasteiger partial charge in [-0.3, -0.25) is 0 Å². The highest BCUT2D eigenvalue weighted by Crippen LogP contribution is 2.35. The Morgan fingerprint density at radius 2 is 2.00 bits per heavy atom. The fourth-order valence-electron chi connectivity index (χ4n) is 4.18. The van der Waals surface area contributed by atoms with Crippen LogP contribution in [0.15, 0.2) is 71.1 Å². The van der Waals surface area contributed by atoms with Gasteiger partial charge in [-0.2, -0.15) is 0 Å². The third kappa shape index (κ3) is 3.89. The number of anilines is 1. The van der Waals surface area contributed by atoms with E-state index in [1.807, 2.05) is 30.3 Å². The van der Waals surface area contributed by atoms with E-state index in [4.69, 9.17) is 21.0 Å². The van der Waals surface area contributed by atoms with E-state index in [0.29, 0.717) is 23.1 Å². The molecule has 1 aromatic heterocycles. The van der Waals surface area contributed by atoms with Gasteiger partial charge in [0.05, 0.1) is 0 Å². The van der Waals surface area contributed by atoms with Crippen molar-refractivity contribution in [3.63, 3.8) is 0 Å². The van der Waals surface area contributed by atoms with E-state index in [9.17, 15) is 4.79 Å². The van der Waals surface area contributed by atoms with E-state index < -0.39 is 0 Å². The van der Waals surface area contributed by atoms with Crippen molar-refractivity contribution in [2.24, 2.45) is 0 Å². The molecule has 0 radical (unpaired) electrons. The average Bonchev–Trinajstić information content (AvgIpc) is 3.40. The maximum Gasteiger partial charge on any atom is 0.322 e. The first kappa shape index (κ1) is 19.6. The molecule has 31 heavy (non-hydrogen) atoms. The van der Waals surface area contributed by atoms with E-state index in [1.165, 1.54) is 11.1 Å². The fourth-order valence-corrected chi connectivity index (χ4v) is 4.37. The van der Waals surface area contributed by atoms with Crippen molar-refractivity contribution >= 4 is 34.4 Å². The molecule has 2 heterocycles. The second kappa shape index (κ2) is 8.08. The normalized spacial score (nSPS) is 16.1. The van der Waals surface area contributed by atoms with Crippen LogP contribution in [0.25, 0.3) is 22.2 Å². The van der Waals surface area contributed by atoms with Crippen molar-refractivity contribution in [3.05, 3.63) is 83.2 Å². The molecule has 0 saturated carbocycles. The summed E-state index contributed by atoms with van der Waals surface area (Å²) in [4.78, 5) is 19.4. The maximum atomic E-state index is 12.9. The Hall–Kier alpha value is -3.31. The van der Waals surface area contributed by atoms with Crippen LogP contribution in [-0.4, -0.2) is 22.5 Å². The zero-order valence-electron chi connectivity index (χ0n) is 17.1. The van der Waals surface area contributed by atoms with Crippen LogP contribution in [0, 0.1) is 6.92 Å². The number of rotatable bonds is 3. The van der Waals surface area contributed by atoms with Crippen LogP contribution in [0.4, 0.5) is 10.5 Å². The Balaban J connectivity index is 1.41. The standard InChI is InChI=1S/C25H22ClN3O2/c1-16-6-2-3-9-20(16)17-11-12-23-21(14-17)28-24(31-23)22-10-5-13-29(22)25(30)27-19-8-4-7-18(26)15-19/h2-4,6-9,11-12,14-15,22H,5,10,13H2,1H3,(H,27,30)/t22-/m0/s1. The molecule has 0 bridgehead atoms. The Morgan fingerprint density at radius 1 is 1.13 bits per heavy atom. The van der Waals surface area contributed by atoms with Gasteiger partial charge in [0.2, 0.25) is 5.89 Å². The number of carbonyl (C=O) groups is 1. The first-order chi connectivity index (χ1) is 15.1. The number of fused-ring (bicyclic) bond motifs is 1. The lowest BCUT2D eigenvalue weighted by Crippen LogP contribution is -2.34. The van der Waals surface area contributed by atoms with Gasteiger partial charge in [-0.05, 0) is 66.8 Å². The smallest absolute Gasteiger partial charge is 0.322 e. The predicted molar refractivity (Wildman–Crippen MR) is 123 cm³/mol. The molecular weight excluding hydrogens is 410 g/mol. The van der Waals surface area contributed by atoms with Gasteiger partial charge in [0.1, 0.15) is 11.6 Å². The van der Waals surface area contributed by atoms with Crippen LogP contribution in [0.5, 0.6) is 0 Å². The second-order valence-corrected chi connectivity index (χ2v) is 8.28. The lowest BCUT2D eigenvalue weighted by Gasteiger charge is -2.22. The Bertz CT molecular complexity index is 1270. The van der Waals surface area contributed by atoms with E-state index >= 15 is 0 Å². The van der Waals surface area contributed by atoms with Gasteiger partial charge in [0.15, 0.2) is 5.58 Å². The monoisotopic (exact) mass is 431 g/mol. The van der Waals surface area contributed by atoms with E-state index in [1.54, 1.807) is 17.0 Å². The molecular formula is C25H22ClN3O2. The molecule has 5 rings (SSSR count). The SMILES string of the molecule is Cc1ccccc1-c1ccc2oc([C@@H]3CCCN3C(=O)Nc3cccc(Cl)c3)nc2c1. The number of benzene rings is 3. The zero-order valence-corrected chi connectivity index (χ0v) is 17.9. The summed E-state index contributed by atoms with van der Waals surface area (Å²) in [5.74, 6) is 0.579. The van der Waals surface area contributed by atoms with E-state index in [0.717, 1.165) is 29.5 Å². The Morgan fingerprint density at radius 3 is 2.84 bits per heavy atom. The summed E-state index contributed by atoms with van der Waals surface area (Å²) in [6, 6.07) is 21.1. The van der Waals surface area contributed by atoms with Crippen molar-refractivity contribution in [2.45, 2.75) is 25.8 Å². The number of hydrogen-bond acceptors (Lipinski definition) is 3. The van der Waals surface area contributed by atoms with Crippen molar-refractivity contribution in [1.82, 2.24) is 9.88 Å². The second-order valence-electron chi connectivity index (χ2n) is 7.84. The van der Waals surface area contributed by atoms with Crippen molar-refractivity contribution in [1.29, 1.82) is 0 Å². The number of nitrogens with zero attached hydrogens (tertiary/aromatic N) is 2. The molecule has 1 aliphatic heterocycles. The number of carbonyl (C=O) groups excluding carboxylic acids is 1. The number of hydrogen-bond donors (Lipinski definition) is 1. The highest BCUT2D eigenvalue weighted by Gasteiger charge is 2.33. The fraction of sp³-hybridized carbons (Fsp3) is 0.200. The van der Waals surface area contributed by atoms with Gasteiger partial charge in [-0.15, -0.1) is 0 Å². The largest absolute Gasteiger partial charge is 0.438 e. The highest BCUT2D eigenvalue weighted by atomic mass is 35.5. The number of urea groups is 1. The highest BCUT2D eigenvalue weighted by molar-refractivity contribution is 6.30. The minimum Gasteiger partial charge on any atom is -0.438 e. The summed E-state index contributed by atoms with van der Waals surface area (Å²) in [5, 5.41) is 3.51. The van der Waals surface area contributed by atoms with E-state index in [2.05, 4.69) is 36.5 Å². The quantitative estimate of drug-likeness (QED) is 0.387. The third-order valence-corrected chi connectivity index (χ3v) is 5.97. The summed E-state index contributed by atoms with van der Waals surface area (Å²) < 4.78 is 6.07. The summed E-state index contributed by atoms with van der Waals surface area (Å²) in [7, 11) is 0. The average molecular weight is 432 g/mol. The summed E-state index contributed by atoms with van der Waals surface area (Å²) in [6.07, 6.45) is 1.72. The summed E-state index contributed by atoms with van der Waals surface area (Å²) >= 11 is 6.03. The summed E-state index contributed by atoms with van der Waals surface area (Å²) in [6.45, 7) is 2.76. The molecule has 3 aromatic carbocycles. The number of oxazole rings is 1. The third-order valence-electron chi connectivity index (χ3n) is 5.73. The van der Waals surface area contributed by atoms with Crippen molar-refractivity contribution in [3.8, 4) is 11.1 Å². The zero-order chi connectivity index (χ0) is 21.4. The van der Waals surface area contributed by atoms with Gasteiger partial charge >= 0.3 is 6.03 Å². The number of amides is 2. The Labute approximate surface area is 185 Å². The lowest BCUT2D eigenvalue weighted by atomic mass is 10.0. The van der Waals surface area contributed by atoms with Gasteiger partial charge in [0, 0.05) is 17.3 Å². The van der Waals surface area contributed by atoms with Crippen LogP contribution >= 0.6 is 11.6 Å². The van der Waals surface area contributed by atoms with Gasteiger partial charge < -0.3 is 14.6 Å². The minimum atomic E-state index is -0.187. The van der Waals surface area contributed by atoms with Gasteiger partial charge in [-0.25, -0.2) is 9.78 Å². The molecule has 6 heteroatoms. The van der Waals surface area contributed by atoms with Crippen LogP contribution in [0.3, 0.4) is 0 Å². The number of aryl methyl sites for hydroxylation is 1. The number of aromatic nitrogens is 1.